The Kier molecular flexibility index (Phi) is 5.46. The lowest BCUT2D eigenvalue weighted by Gasteiger charge is -2.20. The molecule has 3 nitrogen and oxygen atoms in total. The van der Waals surface area contributed by atoms with E-state index in [1.807, 2.05) is 0 Å². The largest absolute Gasteiger partial charge is 0.390 e. The first-order valence-corrected chi connectivity index (χ1v) is 7.74. The van der Waals surface area contributed by atoms with Gasteiger partial charge >= 0.3 is 6.18 Å². The van der Waals surface area contributed by atoms with E-state index in [9.17, 15) is 21.6 Å². The van der Waals surface area contributed by atoms with Crippen molar-refractivity contribution in [1.29, 1.82) is 0 Å². The van der Waals surface area contributed by atoms with Gasteiger partial charge in [-0.05, 0) is 24.1 Å². The topological polar surface area (TPSA) is 37.4 Å². The molecule has 0 spiro atoms. The van der Waals surface area contributed by atoms with Gasteiger partial charge in [0.1, 0.15) is 0 Å². The predicted molar refractivity (Wildman–Crippen MR) is 71.2 cm³/mol. The van der Waals surface area contributed by atoms with Crippen LogP contribution < -0.4 is 0 Å². The second-order valence-corrected chi connectivity index (χ2v) is 6.65. The van der Waals surface area contributed by atoms with Crippen LogP contribution in [0.15, 0.2) is 23.1 Å². The Morgan fingerprint density at radius 3 is 2.40 bits per heavy atom. The predicted octanol–water partition coefficient (Wildman–Crippen LogP) is 3.31. The van der Waals surface area contributed by atoms with Gasteiger partial charge in [0.05, 0.1) is 11.3 Å². The third kappa shape index (κ3) is 4.10. The lowest BCUT2D eigenvalue weighted by molar-refractivity contribution is -0.135. The van der Waals surface area contributed by atoms with Gasteiger partial charge in [-0.15, -0.1) is 11.6 Å². The second kappa shape index (κ2) is 6.32. The zero-order chi connectivity index (χ0) is 15.6. The number of halogens is 4. The van der Waals surface area contributed by atoms with Crippen molar-refractivity contribution in [1.82, 2.24) is 4.31 Å². The summed E-state index contributed by atoms with van der Waals surface area (Å²) in [6, 6.07) is 4.57. The third-order valence-electron chi connectivity index (χ3n) is 2.94. The number of alkyl halides is 4. The van der Waals surface area contributed by atoms with Crippen molar-refractivity contribution in [2.45, 2.75) is 30.3 Å². The molecular formula is C12H15ClF3NO2S. The molecule has 0 saturated heterocycles. The number of hydrogen-bond donors (Lipinski definition) is 0. The van der Waals surface area contributed by atoms with E-state index in [-0.39, 0.29) is 10.8 Å². The summed E-state index contributed by atoms with van der Waals surface area (Å²) in [7, 11) is -2.82. The minimum Gasteiger partial charge on any atom is -0.207 e. The second-order valence-electron chi connectivity index (χ2n) is 4.37. The van der Waals surface area contributed by atoms with E-state index in [0.29, 0.717) is 15.4 Å². The first-order valence-electron chi connectivity index (χ1n) is 5.77. The molecule has 0 heterocycles. The van der Waals surface area contributed by atoms with Gasteiger partial charge < -0.3 is 0 Å². The van der Waals surface area contributed by atoms with Crippen molar-refractivity contribution in [3.8, 4) is 0 Å². The lowest BCUT2D eigenvalue weighted by atomic mass is 10.1. The minimum absolute atomic E-state index is 0.0136. The monoisotopic (exact) mass is 329 g/mol. The molecular weight excluding hydrogens is 315 g/mol. The molecule has 1 aromatic carbocycles. The van der Waals surface area contributed by atoms with Gasteiger partial charge in [0.25, 0.3) is 0 Å². The zero-order valence-corrected chi connectivity index (χ0v) is 12.6. The molecule has 0 aliphatic carbocycles. The van der Waals surface area contributed by atoms with Gasteiger partial charge in [-0.3, -0.25) is 0 Å². The SMILES string of the molecule is Cc1c(CCl)cccc1S(=O)(=O)N(C)CCC(F)(F)F. The molecule has 20 heavy (non-hydrogen) atoms. The number of benzene rings is 1. The fraction of sp³-hybridized carbons (Fsp3) is 0.500. The van der Waals surface area contributed by atoms with Crippen molar-refractivity contribution < 1.29 is 21.6 Å². The molecule has 0 unspecified atom stereocenters. The van der Waals surface area contributed by atoms with E-state index in [1.54, 1.807) is 13.0 Å². The minimum atomic E-state index is -4.39. The average molecular weight is 330 g/mol. The first-order chi connectivity index (χ1) is 9.09. The van der Waals surface area contributed by atoms with E-state index in [4.69, 9.17) is 11.6 Å². The highest BCUT2D eigenvalue weighted by Gasteiger charge is 2.31. The summed E-state index contributed by atoms with van der Waals surface area (Å²) in [5.41, 5.74) is 1.10. The molecule has 0 aliphatic rings. The lowest BCUT2D eigenvalue weighted by Crippen LogP contribution is -2.31. The van der Waals surface area contributed by atoms with Gasteiger partial charge in [-0.25, -0.2) is 12.7 Å². The van der Waals surface area contributed by atoms with Crippen LogP contribution in [0.1, 0.15) is 17.5 Å². The quantitative estimate of drug-likeness (QED) is 0.777. The van der Waals surface area contributed by atoms with Crippen LogP contribution in [-0.4, -0.2) is 32.5 Å². The summed E-state index contributed by atoms with van der Waals surface area (Å²) in [4.78, 5) is -0.0136. The molecule has 0 aliphatic heterocycles. The van der Waals surface area contributed by atoms with Crippen LogP contribution in [0.3, 0.4) is 0 Å². The number of nitrogens with zero attached hydrogens (tertiary/aromatic N) is 1. The molecule has 0 amide bonds. The summed E-state index contributed by atoms with van der Waals surface area (Å²) in [6.45, 7) is 0.971. The van der Waals surface area contributed by atoms with Crippen LogP contribution in [0.4, 0.5) is 13.2 Å². The van der Waals surface area contributed by atoms with Gasteiger partial charge in [-0.2, -0.15) is 13.2 Å². The summed E-state index contributed by atoms with van der Waals surface area (Å²) in [6.07, 6.45) is -5.58. The van der Waals surface area contributed by atoms with Crippen LogP contribution in [0.2, 0.25) is 0 Å². The maximum atomic E-state index is 12.3. The van der Waals surface area contributed by atoms with E-state index in [0.717, 1.165) is 7.05 Å². The fourth-order valence-corrected chi connectivity index (χ4v) is 3.38. The van der Waals surface area contributed by atoms with Crippen molar-refractivity contribution >= 4 is 21.6 Å². The van der Waals surface area contributed by atoms with Crippen LogP contribution >= 0.6 is 11.6 Å². The first kappa shape index (κ1) is 17.3. The van der Waals surface area contributed by atoms with E-state index in [2.05, 4.69) is 0 Å². The Balaban J connectivity index is 3.05. The van der Waals surface area contributed by atoms with Crippen molar-refractivity contribution in [3.05, 3.63) is 29.3 Å². The van der Waals surface area contributed by atoms with Crippen molar-refractivity contribution in [2.75, 3.05) is 13.6 Å². The maximum Gasteiger partial charge on any atom is 0.390 e. The van der Waals surface area contributed by atoms with E-state index < -0.39 is 29.2 Å². The molecule has 1 rings (SSSR count). The Hall–Kier alpha value is -0.790. The summed E-state index contributed by atoms with van der Waals surface area (Å²) >= 11 is 5.70. The molecule has 1 aromatic rings. The molecule has 0 N–H and O–H groups in total. The highest BCUT2D eigenvalue weighted by Crippen LogP contribution is 2.25. The molecule has 0 bridgehead atoms. The number of rotatable bonds is 5. The van der Waals surface area contributed by atoms with Gasteiger partial charge in [0, 0.05) is 19.5 Å². The summed E-state index contributed by atoms with van der Waals surface area (Å²) < 4.78 is 61.7. The standard InChI is InChI=1S/C12H15ClF3NO2S/c1-9-10(8-13)4-3-5-11(9)20(18,19)17(2)7-6-12(14,15)16/h3-5H,6-8H2,1-2H3. The van der Waals surface area contributed by atoms with E-state index in [1.165, 1.54) is 12.1 Å². The Morgan fingerprint density at radius 1 is 1.30 bits per heavy atom. The molecule has 0 aromatic heterocycles. The van der Waals surface area contributed by atoms with Gasteiger partial charge in [-0.1, -0.05) is 12.1 Å². The van der Waals surface area contributed by atoms with Crippen molar-refractivity contribution in [3.63, 3.8) is 0 Å². The van der Waals surface area contributed by atoms with Crippen LogP contribution in [0, 0.1) is 6.92 Å². The molecule has 114 valence electrons. The number of hydrogen-bond acceptors (Lipinski definition) is 2. The smallest absolute Gasteiger partial charge is 0.207 e. The highest BCUT2D eigenvalue weighted by molar-refractivity contribution is 7.89. The van der Waals surface area contributed by atoms with Gasteiger partial charge in [0.15, 0.2) is 0 Å². The third-order valence-corrected chi connectivity index (χ3v) is 5.23. The van der Waals surface area contributed by atoms with Crippen molar-refractivity contribution in [2.24, 2.45) is 0 Å². The Labute approximate surface area is 121 Å². The summed E-state index contributed by atoms with van der Waals surface area (Å²) in [5, 5.41) is 0. The van der Waals surface area contributed by atoms with Crippen LogP contribution in [0.25, 0.3) is 0 Å². The molecule has 0 fully saturated rings. The molecule has 8 heteroatoms. The average Bonchev–Trinajstić information content (AvgIpc) is 2.35. The maximum absolute atomic E-state index is 12.3. The zero-order valence-electron chi connectivity index (χ0n) is 11.0. The number of sulfonamides is 1. The molecule has 0 atom stereocenters. The van der Waals surface area contributed by atoms with Crippen LogP contribution in [-0.2, 0) is 15.9 Å². The fourth-order valence-electron chi connectivity index (χ4n) is 1.66. The molecule has 0 saturated carbocycles. The normalized spacial score (nSPS) is 12.9. The summed E-state index contributed by atoms with van der Waals surface area (Å²) in [5.74, 6) is 0.140. The van der Waals surface area contributed by atoms with Crippen LogP contribution in [0.5, 0.6) is 0 Å². The van der Waals surface area contributed by atoms with Gasteiger partial charge in [0.2, 0.25) is 10.0 Å². The van der Waals surface area contributed by atoms with E-state index >= 15 is 0 Å². The highest BCUT2D eigenvalue weighted by atomic mass is 35.5. The Morgan fingerprint density at radius 2 is 1.90 bits per heavy atom. The Bertz CT molecular complexity index is 573. The molecule has 0 radical (unpaired) electrons.